The van der Waals surface area contributed by atoms with Gasteiger partial charge in [-0.15, -0.1) is 0 Å². The molecule has 6 nitrogen and oxygen atoms in total. The van der Waals surface area contributed by atoms with Gasteiger partial charge in [0.15, 0.2) is 0 Å². The molecule has 128 valence electrons. The molecule has 24 heavy (non-hydrogen) atoms. The molecule has 0 aliphatic heterocycles. The number of benzene rings is 1. The second kappa shape index (κ2) is 8.88. The lowest BCUT2D eigenvalue weighted by atomic mass is 10.1. The largest absolute Gasteiger partial charge is 0.404 e. The minimum atomic E-state index is 0.0959. The number of allylic oxidation sites excluding steroid dienone is 2. The van der Waals surface area contributed by atoms with E-state index in [1.54, 1.807) is 0 Å². The Morgan fingerprint density at radius 2 is 2.04 bits per heavy atom. The third-order valence-corrected chi connectivity index (χ3v) is 4.06. The van der Waals surface area contributed by atoms with Crippen LogP contribution >= 0.6 is 0 Å². The predicted molar refractivity (Wildman–Crippen MR) is 96.8 cm³/mol. The van der Waals surface area contributed by atoms with Crippen LogP contribution in [-0.4, -0.2) is 24.1 Å². The van der Waals surface area contributed by atoms with E-state index < -0.39 is 0 Å². The third-order valence-electron chi connectivity index (χ3n) is 4.06. The summed E-state index contributed by atoms with van der Waals surface area (Å²) in [6.45, 7) is 0.580. The first-order valence-electron chi connectivity index (χ1n) is 8.04. The summed E-state index contributed by atoms with van der Waals surface area (Å²) in [6, 6.07) is 10.2. The van der Waals surface area contributed by atoms with Crippen LogP contribution in [-0.2, 0) is 11.3 Å². The second-order valence-corrected chi connectivity index (χ2v) is 5.80. The molecule has 1 aromatic carbocycles. The Morgan fingerprint density at radius 3 is 2.71 bits per heavy atom. The molecule has 0 aromatic heterocycles. The average Bonchev–Trinajstić information content (AvgIpc) is 3.02. The maximum Gasteiger partial charge on any atom is 0.0984 e. The van der Waals surface area contributed by atoms with E-state index >= 15 is 0 Å². The van der Waals surface area contributed by atoms with Gasteiger partial charge in [0.05, 0.1) is 30.3 Å². The van der Waals surface area contributed by atoms with E-state index in [2.05, 4.69) is 5.32 Å². The molecule has 0 heterocycles. The van der Waals surface area contributed by atoms with Crippen molar-refractivity contribution in [2.75, 3.05) is 0 Å². The molecule has 6 heteroatoms. The number of hydrogen-bond acceptors (Lipinski definition) is 6. The summed E-state index contributed by atoms with van der Waals surface area (Å²) in [7, 11) is 0. The lowest BCUT2D eigenvalue weighted by molar-refractivity contribution is 0.0299. The van der Waals surface area contributed by atoms with Crippen LogP contribution in [0.1, 0.15) is 24.8 Å². The maximum absolute atomic E-state index is 7.87. The fraction of sp³-hybridized carbons (Fsp3) is 0.333. The Bertz CT molecular complexity index is 624. The molecule has 2 atom stereocenters. The topological polar surface area (TPSA) is 121 Å². The Balaban J connectivity index is 1.90. The molecule has 0 unspecified atom stereocenters. The van der Waals surface area contributed by atoms with Gasteiger partial charge in [-0.2, -0.15) is 0 Å². The number of nitrogens with one attached hydrogen (secondary N) is 3. The van der Waals surface area contributed by atoms with Crippen molar-refractivity contribution in [2.45, 2.75) is 38.0 Å². The van der Waals surface area contributed by atoms with Crippen LogP contribution in [0.4, 0.5) is 0 Å². The van der Waals surface area contributed by atoms with E-state index in [1.165, 1.54) is 12.3 Å². The first-order chi connectivity index (χ1) is 11.6. The first kappa shape index (κ1) is 17.7. The van der Waals surface area contributed by atoms with E-state index in [-0.39, 0.29) is 17.9 Å². The summed E-state index contributed by atoms with van der Waals surface area (Å²) >= 11 is 0. The molecule has 0 spiro atoms. The van der Waals surface area contributed by atoms with Crippen molar-refractivity contribution < 1.29 is 4.74 Å². The van der Waals surface area contributed by atoms with Crippen molar-refractivity contribution in [3.8, 4) is 0 Å². The molecule has 0 saturated heterocycles. The minimum Gasteiger partial charge on any atom is -0.404 e. The summed E-state index contributed by atoms with van der Waals surface area (Å²) in [5.41, 5.74) is 12.9. The molecule has 1 aliphatic carbocycles. The fourth-order valence-corrected chi connectivity index (χ4v) is 2.78. The highest BCUT2D eigenvalue weighted by Gasteiger charge is 2.28. The lowest BCUT2D eigenvalue weighted by Gasteiger charge is -2.22. The molecule has 1 saturated carbocycles. The first-order valence-corrected chi connectivity index (χ1v) is 8.04. The van der Waals surface area contributed by atoms with Crippen molar-refractivity contribution in [1.29, 1.82) is 10.8 Å². The SMILES string of the molecule is N=C/C(=C\N)C(=N)/C=C(\N)N[C@H]1CCC[C@@H]1OCc1ccccc1. The summed E-state index contributed by atoms with van der Waals surface area (Å²) in [4.78, 5) is 0. The highest BCUT2D eigenvalue weighted by Crippen LogP contribution is 2.23. The lowest BCUT2D eigenvalue weighted by Crippen LogP contribution is -2.39. The van der Waals surface area contributed by atoms with Gasteiger partial charge in [-0.1, -0.05) is 30.3 Å². The van der Waals surface area contributed by atoms with Crippen molar-refractivity contribution in [3.05, 3.63) is 59.6 Å². The van der Waals surface area contributed by atoms with E-state index in [4.69, 9.17) is 27.0 Å². The smallest absolute Gasteiger partial charge is 0.0984 e. The standard InChI is InChI=1S/C18H25N5O/c19-10-14(11-20)15(21)9-18(22)23-16-7-4-8-17(16)24-12-13-5-2-1-3-6-13/h1-3,5-6,9-11,16-17,19,21,23H,4,7-8,12,20,22H2/b14-11+,18-9+,19-10?,21-15?/t16-,17-/m0/s1. The van der Waals surface area contributed by atoms with Gasteiger partial charge in [-0.3, -0.25) is 0 Å². The fourth-order valence-electron chi connectivity index (χ4n) is 2.78. The van der Waals surface area contributed by atoms with Gasteiger partial charge in [-0.25, -0.2) is 0 Å². The van der Waals surface area contributed by atoms with Crippen LogP contribution in [0.5, 0.6) is 0 Å². The van der Waals surface area contributed by atoms with E-state index in [1.807, 2.05) is 30.3 Å². The van der Waals surface area contributed by atoms with Crippen LogP contribution in [0, 0.1) is 10.8 Å². The van der Waals surface area contributed by atoms with Gasteiger partial charge in [0, 0.05) is 24.1 Å². The minimum absolute atomic E-state index is 0.0959. The molecule has 1 fully saturated rings. The van der Waals surface area contributed by atoms with E-state index in [9.17, 15) is 0 Å². The monoisotopic (exact) mass is 327 g/mol. The molecule has 0 amide bonds. The number of rotatable bonds is 8. The summed E-state index contributed by atoms with van der Waals surface area (Å²) in [5.74, 6) is 0.390. The van der Waals surface area contributed by atoms with Crippen molar-refractivity contribution >= 4 is 11.9 Å². The zero-order valence-electron chi connectivity index (χ0n) is 13.7. The quantitative estimate of drug-likeness (QED) is 0.469. The normalized spacial score (nSPS) is 21.5. The molecule has 2 rings (SSSR count). The maximum atomic E-state index is 7.87. The zero-order valence-corrected chi connectivity index (χ0v) is 13.7. The van der Waals surface area contributed by atoms with Gasteiger partial charge < -0.3 is 32.3 Å². The average molecular weight is 327 g/mol. The number of nitrogens with two attached hydrogens (primary N) is 2. The second-order valence-electron chi connectivity index (χ2n) is 5.80. The molecular weight excluding hydrogens is 302 g/mol. The predicted octanol–water partition coefficient (Wildman–Crippen LogP) is 2.03. The number of ether oxygens (including phenoxy) is 1. The van der Waals surface area contributed by atoms with Gasteiger partial charge in [0.25, 0.3) is 0 Å². The summed E-state index contributed by atoms with van der Waals surface area (Å²) < 4.78 is 6.03. The van der Waals surface area contributed by atoms with Crippen LogP contribution < -0.4 is 16.8 Å². The molecule has 0 bridgehead atoms. The van der Waals surface area contributed by atoms with Crippen LogP contribution in [0.15, 0.2) is 54.0 Å². The Kier molecular flexibility index (Phi) is 6.57. The molecule has 7 N–H and O–H groups in total. The van der Waals surface area contributed by atoms with Gasteiger partial charge in [0.1, 0.15) is 0 Å². The van der Waals surface area contributed by atoms with Gasteiger partial charge in [0.2, 0.25) is 0 Å². The van der Waals surface area contributed by atoms with Crippen molar-refractivity contribution in [2.24, 2.45) is 11.5 Å². The van der Waals surface area contributed by atoms with Crippen LogP contribution in [0.3, 0.4) is 0 Å². The third kappa shape index (κ3) is 4.96. The zero-order chi connectivity index (χ0) is 17.4. The van der Waals surface area contributed by atoms with Crippen LogP contribution in [0.2, 0.25) is 0 Å². The number of hydrogen-bond donors (Lipinski definition) is 5. The highest BCUT2D eigenvalue weighted by atomic mass is 16.5. The Labute approximate surface area is 142 Å². The van der Waals surface area contributed by atoms with Gasteiger partial charge >= 0.3 is 0 Å². The molecular formula is C18H25N5O. The Morgan fingerprint density at radius 1 is 1.29 bits per heavy atom. The molecule has 1 aromatic rings. The van der Waals surface area contributed by atoms with Gasteiger partial charge in [-0.05, 0) is 24.8 Å². The van der Waals surface area contributed by atoms with Crippen molar-refractivity contribution in [3.63, 3.8) is 0 Å². The Hall–Kier alpha value is -2.60. The van der Waals surface area contributed by atoms with E-state index in [0.717, 1.165) is 31.0 Å². The van der Waals surface area contributed by atoms with Crippen LogP contribution in [0.25, 0.3) is 0 Å². The summed E-state index contributed by atoms with van der Waals surface area (Å²) in [6.07, 6.45) is 6.88. The molecule has 1 aliphatic rings. The van der Waals surface area contributed by atoms with E-state index in [0.29, 0.717) is 18.0 Å². The summed E-state index contributed by atoms with van der Waals surface area (Å²) in [5, 5.41) is 18.3. The van der Waals surface area contributed by atoms with Crippen molar-refractivity contribution in [1.82, 2.24) is 5.32 Å². The molecule has 0 radical (unpaired) electrons. The highest BCUT2D eigenvalue weighted by molar-refractivity contribution is 6.19.